The molecule has 2 aliphatic heterocycles. The van der Waals surface area contributed by atoms with Crippen molar-refractivity contribution in [3.05, 3.63) is 77.1 Å². The molecule has 2 bridgehead atoms. The van der Waals surface area contributed by atoms with Crippen molar-refractivity contribution >= 4 is 5.57 Å². The monoisotopic (exact) mass is 375 g/mol. The molecule has 2 aromatic rings. The lowest BCUT2D eigenvalue weighted by atomic mass is 9.81. The maximum Gasteiger partial charge on any atom is 0.419 e. The van der Waals surface area contributed by atoms with Crippen LogP contribution in [-0.4, -0.2) is 17.0 Å². The molecule has 2 aromatic carbocycles. The number of rotatable bonds is 3. The van der Waals surface area contributed by atoms with Crippen molar-refractivity contribution in [1.82, 2.24) is 4.90 Å². The lowest BCUT2D eigenvalue weighted by molar-refractivity contribution is -0.140. The van der Waals surface area contributed by atoms with E-state index in [0.717, 1.165) is 31.9 Å². The number of hydrogen-bond donors (Lipinski definition) is 0. The van der Waals surface area contributed by atoms with Gasteiger partial charge in [-0.1, -0.05) is 55.0 Å². The van der Waals surface area contributed by atoms with Crippen LogP contribution >= 0.6 is 0 Å². The Hall–Kier alpha value is -2.14. The van der Waals surface area contributed by atoms with E-state index in [9.17, 15) is 17.6 Å². The van der Waals surface area contributed by atoms with Crippen LogP contribution in [0.25, 0.3) is 5.57 Å². The van der Waals surface area contributed by atoms with Gasteiger partial charge in [-0.05, 0) is 42.0 Å². The molecule has 0 amide bonds. The Morgan fingerprint density at radius 2 is 1.74 bits per heavy atom. The standard InChI is InChI=1S/C22H21F4N/c23-20-11-5-10-19(21(20)22(24,25)26)16-12-17-8-4-9-18(13-16)27(17)14-15-6-2-1-3-7-15/h1-3,5-7,10-12,17-18H,4,8-9,13-14H2. The van der Waals surface area contributed by atoms with E-state index in [1.165, 1.54) is 17.7 Å². The zero-order valence-corrected chi connectivity index (χ0v) is 14.8. The zero-order valence-electron chi connectivity index (χ0n) is 14.8. The topological polar surface area (TPSA) is 3.24 Å². The molecule has 0 N–H and O–H groups in total. The third-order valence-electron chi connectivity index (χ3n) is 5.63. The molecule has 142 valence electrons. The van der Waals surface area contributed by atoms with Gasteiger partial charge < -0.3 is 0 Å². The zero-order chi connectivity index (χ0) is 19.0. The van der Waals surface area contributed by atoms with Gasteiger partial charge in [-0.3, -0.25) is 4.90 Å². The minimum absolute atomic E-state index is 0.00115. The normalized spacial score (nSPS) is 23.2. The summed E-state index contributed by atoms with van der Waals surface area (Å²) in [4.78, 5) is 2.38. The van der Waals surface area contributed by atoms with E-state index in [0.29, 0.717) is 12.0 Å². The summed E-state index contributed by atoms with van der Waals surface area (Å²) in [5.74, 6) is -1.20. The van der Waals surface area contributed by atoms with Gasteiger partial charge in [-0.15, -0.1) is 0 Å². The first-order chi connectivity index (χ1) is 12.9. The van der Waals surface area contributed by atoms with E-state index < -0.39 is 17.6 Å². The summed E-state index contributed by atoms with van der Waals surface area (Å²) in [6.45, 7) is 0.787. The summed E-state index contributed by atoms with van der Waals surface area (Å²) in [5, 5.41) is 0. The number of nitrogens with zero attached hydrogens (tertiary/aromatic N) is 1. The molecule has 1 fully saturated rings. The van der Waals surface area contributed by atoms with E-state index in [2.05, 4.69) is 17.0 Å². The molecule has 4 rings (SSSR count). The predicted molar refractivity (Wildman–Crippen MR) is 97.4 cm³/mol. The van der Waals surface area contributed by atoms with Crippen molar-refractivity contribution in [2.45, 2.75) is 50.5 Å². The Balaban J connectivity index is 1.69. The smallest absolute Gasteiger partial charge is 0.289 e. The highest BCUT2D eigenvalue weighted by atomic mass is 19.4. The highest BCUT2D eigenvalue weighted by Crippen LogP contribution is 2.42. The van der Waals surface area contributed by atoms with Gasteiger partial charge in [0.15, 0.2) is 0 Å². The largest absolute Gasteiger partial charge is 0.419 e. The molecule has 0 spiro atoms. The van der Waals surface area contributed by atoms with Crippen LogP contribution in [0.15, 0.2) is 54.6 Å². The summed E-state index contributed by atoms with van der Waals surface area (Å²) in [7, 11) is 0. The van der Waals surface area contributed by atoms with Crippen molar-refractivity contribution in [3.8, 4) is 0 Å². The van der Waals surface area contributed by atoms with Crippen LogP contribution < -0.4 is 0 Å². The molecule has 27 heavy (non-hydrogen) atoms. The van der Waals surface area contributed by atoms with Gasteiger partial charge in [-0.2, -0.15) is 13.2 Å². The molecule has 0 aromatic heterocycles. The molecular formula is C22H21F4N. The van der Waals surface area contributed by atoms with Crippen LogP contribution in [0.2, 0.25) is 0 Å². The van der Waals surface area contributed by atoms with Crippen LogP contribution in [0.5, 0.6) is 0 Å². The van der Waals surface area contributed by atoms with Gasteiger partial charge in [0.2, 0.25) is 0 Å². The average molecular weight is 375 g/mol. The number of alkyl halides is 3. The number of benzene rings is 2. The van der Waals surface area contributed by atoms with Crippen molar-refractivity contribution in [2.24, 2.45) is 0 Å². The van der Waals surface area contributed by atoms with Crippen LogP contribution in [-0.2, 0) is 12.7 Å². The van der Waals surface area contributed by atoms with Crippen molar-refractivity contribution in [1.29, 1.82) is 0 Å². The molecule has 2 unspecified atom stereocenters. The van der Waals surface area contributed by atoms with E-state index in [4.69, 9.17) is 0 Å². The van der Waals surface area contributed by atoms with E-state index in [1.54, 1.807) is 0 Å². The van der Waals surface area contributed by atoms with Crippen LogP contribution in [0.1, 0.15) is 42.4 Å². The predicted octanol–water partition coefficient (Wildman–Crippen LogP) is 6.05. The van der Waals surface area contributed by atoms with Crippen LogP contribution in [0.4, 0.5) is 17.6 Å². The number of fused-ring (bicyclic) bond motifs is 2. The Morgan fingerprint density at radius 3 is 2.44 bits per heavy atom. The third-order valence-corrected chi connectivity index (χ3v) is 5.63. The molecule has 0 aliphatic carbocycles. The first kappa shape index (κ1) is 18.2. The lowest BCUT2D eigenvalue weighted by Gasteiger charge is -2.45. The number of piperidine rings is 1. The molecule has 0 saturated carbocycles. The van der Waals surface area contributed by atoms with Gasteiger partial charge in [0.1, 0.15) is 5.82 Å². The van der Waals surface area contributed by atoms with Crippen molar-refractivity contribution in [2.75, 3.05) is 0 Å². The molecule has 0 radical (unpaired) electrons. The fraction of sp³-hybridized carbons (Fsp3) is 0.364. The number of hydrogen-bond acceptors (Lipinski definition) is 1. The van der Waals surface area contributed by atoms with E-state index >= 15 is 0 Å². The number of halogens is 4. The Kier molecular flexibility index (Phi) is 4.81. The second-order valence-corrected chi connectivity index (χ2v) is 7.37. The molecule has 1 nitrogen and oxygen atoms in total. The van der Waals surface area contributed by atoms with Crippen LogP contribution in [0.3, 0.4) is 0 Å². The van der Waals surface area contributed by atoms with E-state index in [1.807, 2.05) is 24.3 Å². The van der Waals surface area contributed by atoms with Crippen molar-refractivity contribution in [3.63, 3.8) is 0 Å². The fourth-order valence-electron chi connectivity index (χ4n) is 4.44. The van der Waals surface area contributed by atoms with Gasteiger partial charge in [0.25, 0.3) is 0 Å². The SMILES string of the molecule is Fc1cccc(C2=CC3CCCC(C2)N3Cc2ccccc2)c1C(F)(F)F. The fourth-order valence-corrected chi connectivity index (χ4v) is 4.44. The first-order valence-electron chi connectivity index (χ1n) is 9.30. The quantitative estimate of drug-likeness (QED) is 0.590. The Bertz CT molecular complexity index is 841. The summed E-state index contributed by atoms with van der Waals surface area (Å²) in [6, 6.07) is 14.1. The summed E-state index contributed by atoms with van der Waals surface area (Å²) < 4.78 is 54.3. The minimum Gasteiger partial charge on any atom is -0.289 e. The second-order valence-electron chi connectivity index (χ2n) is 7.37. The van der Waals surface area contributed by atoms with Gasteiger partial charge >= 0.3 is 6.18 Å². The maximum absolute atomic E-state index is 14.0. The average Bonchev–Trinajstić information content (AvgIpc) is 2.61. The molecule has 2 atom stereocenters. The lowest BCUT2D eigenvalue weighted by Crippen LogP contribution is -2.47. The van der Waals surface area contributed by atoms with Gasteiger partial charge in [-0.25, -0.2) is 4.39 Å². The van der Waals surface area contributed by atoms with Crippen molar-refractivity contribution < 1.29 is 17.6 Å². The Labute approximate surface area is 156 Å². The summed E-state index contributed by atoms with van der Waals surface area (Å²) >= 11 is 0. The van der Waals surface area contributed by atoms with E-state index in [-0.39, 0.29) is 17.6 Å². The maximum atomic E-state index is 14.0. The molecule has 2 aliphatic rings. The molecule has 2 heterocycles. The third kappa shape index (κ3) is 3.65. The molecule has 5 heteroatoms. The summed E-state index contributed by atoms with van der Waals surface area (Å²) in [6.07, 6.45) is 0.705. The highest BCUT2D eigenvalue weighted by Gasteiger charge is 2.40. The van der Waals surface area contributed by atoms with Crippen LogP contribution in [0, 0.1) is 5.82 Å². The summed E-state index contributed by atoms with van der Waals surface area (Å²) in [5.41, 5.74) is 0.693. The molecular weight excluding hydrogens is 354 g/mol. The highest BCUT2D eigenvalue weighted by molar-refractivity contribution is 5.71. The van der Waals surface area contributed by atoms with Gasteiger partial charge in [0.05, 0.1) is 5.56 Å². The minimum atomic E-state index is -4.70. The van der Waals surface area contributed by atoms with Gasteiger partial charge in [0, 0.05) is 18.6 Å². The molecule has 1 saturated heterocycles. The Morgan fingerprint density at radius 1 is 0.963 bits per heavy atom. The first-order valence-corrected chi connectivity index (χ1v) is 9.30. The second kappa shape index (κ2) is 7.12.